The van der Waals surface area contributed by atoms with E-state index < -0.39 is 5.54 Å². The molecule has 1 heterocycles. The van der Waals surface area contributed by atoms with Crippen LogP contribution in [0.1, 0.15) is 22.8 Å². The Kier molecular flexibility index (Phi) is 6.08. The number of carbonyl (C=O) groups excluding carboxylic acids is 2. The van der Waals surface area contributed by atoms with Gasteiger partial charge in [0, 0.05) is 31.7 Å². The Morgan fingerprint density at radius 3 is 2.07 bits per heavy atom. The van der Waals surface area contributed by atoms with Crippen molar-refractivity contribution < 1.29 is 19.1 Å². The Labute approximate surface area is 171 Å². The molecule has 29 heavy (non-hydrogen) atoms. The third kappa shape index (κ3) is 4.19. The van der Waals surface area contributed by atoms with Crippen molar-refractivity contribution in [1.82, 2.24) is 9.80 Å². The SMILES string of the molecule is COc1ccc(C(=O)N2CCN(C(=O)C(C)(N)c3ccccc3)CC2)cc1OC. The van der Waals surface area contributed by atoms with Crippen LogP contribution in [0.3, 0.4) is 0 Å². The summed E-state index contributed by atoms with van der Waals surface area (Å²) < 4.78 is 10.5. The molecule has 2 amide bonds. The number of piperazine rings is 1. The minimum Gasteiger partial charge on any atom is -0.493 e. The van der Waals surface area contributed by atoms with E-state index in [4.69, 9.17) is 15.2 Å². The maximum atomic E-state index is 13.0. The van der Waals surface area contributed by atoms with Crippen LogP contribution in [0.2, 0.25) is 0 Å². The highest BCUT2D eigenvalue weighted by atomic mass is 16.5. The highest BCUT2D eigenvalue weighted by molar-refractivity contribution is 5.95. The molecular weight excluding hydrogens is 370 g/mol. The Balaban J connectivity index is 1.66. The fourth-order valence-corrected chi connectivity index (χ4v) is 3.50. The quantitative estimate of drug-likeness (QED) is 0.833. The molecule has 1 saturated heterocycles. The third-order valence-corrected chi connectivity index (χ3v) is 5.30. The molecule has 2 N–H and O–H groups in total. The van der Waals surface area contributed by atoms with Crippen LogP contribution in [0, 0.1) is 0 Å². The van der Waals surface area contributed by atoms with Gasteiger partial charge in [-0.25, -0.2) is 0 Å². The molecule has 1 unspecified atom stereocenters. The minimum absolute atomic E-state index is 0.100. The molecule has 1 fully saturated rings. The molecule has 3 rings (SSSR count). The van der Waals surface area contributed by atoms with Crippen LogP contribution in [0.4, 0.5) is 0 Å². The van der Waals surface area contributed by atoms with E-state index in [1.807, 2.05) is 30.3 Å². The molecule has 7 heteroatoms. The van der Waals surface area contributed by atoms with Gasteiger partial charge in [0.25, 0.3) is 5.91 Å². The maximum Gasteiger partial charge on any atom is 0.254 e. The number of hydrogen-bond donors (Lipinski definition) is 1. The van der Waals surface area contributed by atoms with E-state index in [1.165, 1.54) is 7.11 Å². The number of amides is 2. The van der Waals surface area contributed by atoms with Gasteiger partial charge in [-0.15, -0.1) is 0 Å². The van der Waals surface area contributed by atoms with Gasteiger partial charge >= 0.3 is 0 Å². The monoisotopic (exact) mass is 397 g/mol. The molecular formula is C22H27N3O4. The lowest BCUT2D eigenvalue weighted by molar-refractivity contribution is -0.138. The number of nitrogens with two attached hydrogens (primary N) is 1. The Morgan fingerprint density at radius 1 is 0.897 bits per heavy atom. The molecule has 1 aliphatic heterocycles. The van der Waals surface area contributed by atoms with Crippen LogP contribution >= 0.6 is 0 Å². The third-order valence-electron chi connectivity index (χ3n) is 5.30. The number of benzene rings is 2. The lowest BCUT2D eigenvalue weighted by Crippen LogP contribution is -2.57. The first-order valence-electron chi connectivity index (χ1n) is 9.53. The second-order valence-corrected chi connectivity index (χ2v) is 7.22. The maximum absolute atomic E-state index is 13.0. The van der Waals surface area contributed by atoms with Crippen molar-refractivity contribution in [3.05, 3.63) is 59.7 Å². The highest BCUT2D eigenvalue weighted by Gasteiger charge is 2.36. The number of methoxy groups -OCH3 is 2. The van der Waals surface area contributed by atoms with Crippen LogP contribution in [0.15, 0.2) is 48.5 Å². The standard InChI is InChI=1S/C22H27N3O4/c1-22(23,17-7-5-4-6-8-17)21(27)25-13-11-24(12-14-25)20(26)16-9-10-18(28-2)19(15-16)29-3/h4-10,15H,11-14,23H2,1-3H3. The fourth-order valence-electron chi connectivity index (χ4n) is 3.50. The van der Waals surface area contributed by atoms with Gasteiger partial charge in [-0.3, -0.25) is 9.59 Å². The van der Waals surface area contributed by atoms with Crippen molar-refractivity contribution in [2.45, 2.75) is 12.5 Å². The van der Waals surface area contributed by atoms with Crippen LogP contribution in [0.25, 0.3) is 0 Å². The number of nitrogens with zero attached hydrogens (tertiary/aromatic N) is 2. The van der Waals surface area contributed by atoms with E-state index in [1.54, 1.807) is 42.0 Å². The smallest absolute Gasteiger partial charge is 0.254 e. The molecule has 0 bridgehead atoms. The predicted octanol–water partition coefficient (Wildman–Crippen LogP) is 1.86. The van der Waals surface area contributed by atoms with E-state index in [0.717, 1.165) is 5.56 Å². The summed E-state index contributed by atoms with van der Waals surface area (Å²) in [7, 11) is 3.09. The van der Waals surface area contributed by atoms with Gasteiger partial charge in [0.05, 0.1) is 14.2 Å². The highest BCUT2D eigenvalue weighted by Crippen LogP contribution is 2.28. The van der Waals surface area contributed by atoms with Crippen molar-refractivity contribution in [3.8, 4) is 11.5 Å². The van der Waals surface area contributed by atoms with Gasteiger partial charge in [0.2, 0.25) is 5.91 Å². The van der Waals surface area contributed by atoms with Gasteiger partial charge in [0.1, 0.15) is 5.54 Å². The summed E-state index contributed by atoms with van der Waals surface area (Å²) in [6.07, 6.45) is 0. The zero-order valence-electron chi connectivity index (χ0n) is 17.1. The first-order valence-corrected chi connectivity index (χ1v) is 9.53. The lowest BCUT2D eigenvalue weighted by atomic mass is 9.91. The average molecular weight is 397 g/mol. The Hall–Kier alpha value is -3.06. The van der Waals surface area contributed by atoms with Crippen molar-refractivity contribution in [2.24, 2.45) is 5.73 Å². The van der Waals surface area contributed by atoms with Crippen molar-refractivity contribution in [3.63, 3.8) is 0 Å². The van der Waals surface area contributed by atoms with Crippen LogP contribution in [-0.4, -0.2) is 62.0 Å². The topological polar surface area (TPSA) is 85.1 Å². The van der Waals surface area contributed by atoms with Crippen LogP contribution in [0.5, 0.6) is 11.5 Å². The van der Waals surface area contributed by atoms with E-state index in [9.17, 15) is 9.59 Å². The Morgan fingerprint density at radius 2 is 1.48 bits per heavy atom. The first-order chi connectivity index (χ1) is 13.9. The van der Waals surface area contributed by atoms with E-state index in [0.29, 0.717) is 43.2 Å². The van der Waals surface area contributed by atoms with Gasteiger partial charge in [-0.2, -0.15) is 0 Å². The van der Waals surface area contributed by atoms with Gasteiger partial charge in [-0.05, 0) is 30.7 Å². The molecule has 1 atom stereocenters. The molecule has 0 aromatic heterocycles. The first kappa shape index (κ1) is 20.7. The number of carbonyl (C=O) groups is 2. The molecule has 154 valence electrons. The van der Waals surface area contributed by atoms with Gasteiger partial charge in [0.15, 0.2) is 11.5 Å². The number of hydrogen-bond acceptors (Lipinski definition) is 5. The largest absolute Gasteiger partial charge is 0.493 e. The van der Waals surface area contributed by atoms with Crippen LogP contribution < -0.4 is 15.2 Å². The summed E-state index contributed by atoms with van der Waals surface area (Å²) in [6.45, 7) is 3.51. The zero-order valence-corrected chi connectivity index (χ0v) is 17.1. The summed E-state index contributed by atoms with van der Waals surface area (Å²) in [5, 5.41) is 0. The molecule has 2 aromatic carbocycles. The van der Waals surface area contributed by atoms with Crippen molar-refractivity contribution >= 4 is 11.8 Å². The molecule has 1 aliphatic rings. The summed E-state index contributed by atoms with van der Waals surface area (Å²) in [5.74, 6) is 0.843. The fraction of sp³-hybridized carbons (Fsp3) is 0.364. The average Bonchev–Trinajstić information content (AvgIpc) is 2.78. The van der Waals surface area contributed by atoms with Crippen LogP contribution in [-0.2, 0) is 10.3 Å². The normalized spacial score (nSPS) is 16.1. The number of ether oxygens (including phenoxy) is 2. The molecule has 0 aliphatic carbocycles. The molecule has 0 spiro atoms. The molecule has 0 radical (unpaired) electrons. The second kappa shape index (κ2) is 8.53. The summed E-state index contributed by atoms with van der Waals surface area (Å²) in [4.78, 5) is 29.3. The van der Waals surface area contributed by atoms with Gasteiger partial charge < -0.3 is 25.0 Å². The van der Waals surface area contributed by atoms with E-state index in [-0.39, 0.29) is 11.8 Å². The van der Waals surface area contributed by atoms with E-state index >= 15 is 0 Å². The summed E-state index contributed by atoms with van der Waals surface area (Å²) in [6, 6.07) is 14.4. The molecule has 0 saturated carbocycles. The summed E-state index contributed by atoms with van der Waals surface area (Å²) >= 11 is 0. The zero-order chi connectivity index (χ0) is 21.0. The minimum atomic E-state index is -1.10. The molecule has 7 nitrogen and oxygen atoms in total. The lowest BCUT2D eigenvalue weighted by Gasteiger charge is -2.38. The molecule has 2 aromatic rings. The van der Waals surface area contributed by atoms with Gasteiger partial charge in [-0.1, -0.05) is 30.3 Å². The second-order valence-electron chi connectivity index (χ2n) is 7.22. The van der Waals surface area contributed by atoms with Crippen molar-refractivity contribution in [2.75, 3.05) is 40.4 Å². The van der Waals surface area contributed by atoms with E-state index in [2.05, 4.69) is 0 Å². The predicted molar refractivity (Wildman–Crippen MR) is 110 cm³/mol. The summed E-state index contributed by atoms with van der Waals surface area (Å²) in [5.41, 5.74) is 6.55. The van der Waals surface area contributed by atoms with Crippen molar-refractivity contribution in [1.29, 1.82) is 0 Å². The number of rotatable bonds is 5. The Bertz CT molecular complexity index is 875.